The lowest BCUT2D eigenvalue weighted by Crippen LogP contribution is -2.26. The predicted octanol–water partition coefficient (Wildman–Crippen LogP) is 4.71. The number of hydrogen-bond donors (Lipinski definition) is 1. The number of anilines is 1. The highest BCUT2D eigenvalue weighted by molar-refractivity contribution is 7.16. The van der Waals surface area contributed by atoms with E-state index in [2.05, 4.69) is 44.9 Å². The summed E-state index contributed by atoms with van der Waals surface area (Å²) in [4.78, 5) is 18.1. The van der Waals surface area contributed by atoms with Gasteiger partial charge in [-0.2, -0.15) is 0 Å². The first kappa shape index (κ1) is 16.2. The Bertz CT molecular complexity index is 461. The molecule has 1 heterocycles. The van der Waals surface area contributed by atoms with Gasteiger partial charge in [-0.15, -0.1) is 11.3 Å². The number of nitrogens with one attached hydrogen (secondary N) is 1. The fraction of sp³-hybridized carbons (Fsp3) is 0.733. The Balaban J connectivity index is 3.20. The number of nitrogens with zero attached hydrogens (tertiary/aromatic N) is 1. The molecule has 19 heavy (non-hydrogen) atoms. The van der Waals surface area contributed by atoms with Crippen LogP contribution in [0.1, 0.15) is 76.7 Å². The fourth-order valence-corrected chi connectivity index (χ4v) is 2.79. The molecule has 0 radical (unpaired) electrons. The van der Waals surface area contributed by atoms with E-state index in [1.807, 2.05) is 20.8 Å². The maximum Gasteiger partial charge on any atom is 0.187 e. The second kappa shape index (κ2) is 5.23. The summed E-state index contributed by atoms with van der Waals surface area (Å²) < 4.78 is 0. The van der Waals surface area contributed by atoms with Crippen LogP contribution >= 0.6 is 11.3 Å². The summed E-state index contributed by atoms with van der Waals surface area (Å²) in [6.45, 7) is 16.3. The summed E-state index contributed by atoms with van der Waals surface area (Å²) in [5, 5.41) is 4.20. The first-order chi connectivity index (χ1) is 8.42. The highest BCUT2D eigenvalue weighted by Gasteiger charge is 2.29. The first-order valence-corrected chi connectivity index (χ1v) is 7.57. The SMILES string of the molecule is CC(C)c1sc(NC(C)(C)C)nc1C(=O)C(C)(C)C. The van der Waals surface area contributed by atoms with E-state index < -0.39 is 5.41 Å². The number of hydrogen-bond acceptors (Lipinski definition) is 4. The van der Waals surface area contributed by atoms with Crippen molar-refractivity contribution in [1.29, 1.82) is 0 Å². The molecule has 0 aliphatic rings. The largest absolute Gasteiger partial charge is 0.357 e. The molecule has 1 N–H and O–H groups in total. The van der Waals surface area contributed by atoms with Gasteiger partial charge in [-0.3, -0.25) is 4.79 Å². The average Bonchev–Trinajstić information content (AvgIpc) is 2.56. The van der Waals surface area contributed by atoms with Crippen LogP contribution < -0.4 is 5.32 Å². The topological polar surface area (TPSA) is 42.0 Å². The minimum Gasteiger partial charge on any atom is -0.357 e. The quantitative estimate of drug-likeness (QED) is 0.817. The summed E-state index contributed by atoms with van der Waals surface area (Å²) in [5.41, 5.74) is 0.199. The summed E-state index contributed by atoms with van der Waals surface area (Å²) in [6.07, 6.45) is 0. The first-order valence-electron chi connectivity index (χ1n) is 6.75. The maximum absolute atomic E-state index is 12.5. The Hall–Kier alpha value is -0.900. The number of aromatic nitrogens is 1. The van der Waals surface area contributed by atoms with Crippen molar-refractivity contribution in [2.24, 2.45) is 5.41 Å². The molecule has 0 spiro atoms. The van der Waals surface area contributed by atoms with Crippen LogP contribution in [-0.2, 0) is 0 Å². The van der Waals surface area contributed by atoms with Crippen molar-refractivity contribution < 1.29 is 4.79 Å². The Labute approximate surface area is 120 Å². The van der Waals surface area contributed by atoms with Gasteiger partial charge in [0.1, 0.15) is 5.69 Å². The normalized spacial score (nSPS) is 12.9. The van der Waals surface area contributed by atoms with Crippen LogP contribution in [0.25, 0.3) is 0 Å². The molecule has 4 heteroatoms. The summed E-state index contributed by atoms with van der Waals surface area (Å²) in [7, 11) is 0. The minimum absolute atomic E-state index is 0.0475. The van der Waals surface area contributed by atoms with Crippen LogP contribution in [0.5, 0.6) is 0 Å². The molecule has 3 nitrogen and oxygen atoms in total. The van der Waals surface area contributed by atoms with Crippen molar-refractivity contribution in [3.63, 3.8) is 0 Å². The lowest BCUT2D eigenvalue weighted by Gasteiger charge is -2.19. The van der Waals surface area contributed by atoms with Crippen molar-refractivity contribution in [2.75, 3.05) is 5.32 Å². The van der Waals surface area contributed by atoms with Crippen LogP contribution in [0.4, 0.5) is 5.13 Å². The molecule has 0 bridgehead atoms. The van der Waals surface area contributed by atoms with E-state index in [4.69, 9.17) is 0 Å². The zero-order valence-electron chi connectivity index (χ0n) is 13.3. The molecular formula is C15H26N2OS. The van der Waals surface area contributed by atoms with E-state index in [9.17, 15) is 4.79 Å². The number of Topliss-reactive ketones (excluding diaryl/α,β-unsaturated/α-hetero) is 1. The summed E-state index contributed by atoms with van der Waals surface area (Å²) in [5.74, 6) is 0.434. The lowest BCUT2D eigenvalue weighted by atomic mass is 9.87. The molecule has 0 saturated carbocycles. The predicted molar refractivity (Wildman–Crippen MR) is 83.4 cm³/mol. The third-order valence-corrected chi connectivity index (χ3v) is 3.83. The molecule has 0 unspecified atom stereocenters. The van der Waals surface area contributed by atoms with Gasteiger partial charge in [0.05, 0.1) is 0 Å². The Morgan fingerprint density at radius 1 is 1.16 bits per heavy atom. The highest BCUT2D eigenvalue weighted by atomic mass is 32.1. The van der Waals surface area contributed by atoms with Crippen LogP contribution in [0.3, 0.4) is 0 Å². The molecule has 108 valence electrons. The molecule has 0 amide bonds. The number of rotatable bonds is 3. The van der Waals surface area contributed by atoms with Gasteiger partial charge >= 0.3 is 0 Å². The minimum atomic E-state index is -0.392. The zero-order chi connectivity index (χ0) is 15.0. The molecule has 0 saturated heterocycles. The third-order valence-electron chi connectivity index (χ3n) is 2.56. The van der Waals surface area contributed by atoms with E-state index in [1.54, 1.807) is 11.3 Å². The Kier molecular flexibility index (Phi) is 4.45. The van der Waals surface area contributed by atoms with E-state index in [1.165, 1.54) is 0 Å². The van der Waals surface area contributed by atoms with Crippen molar-refractivity contribution in [3.8, 4) is 0 Å². The van der Waals surface area contributed by atoms with E-state index in [0.717, 1.165) is 10.0 Å². The average molecular weight is 282 g/mol. The van der Waals surface area contributed by atoms with Crippen molar-refractivity contribution in [1.82, 2.24) is 4.98 Å². The standard InChI is InChI=1S/C15H26N2OS/c1-9(2)11-10(12(18)14(3,4)5)16-13(19-11)17-15(6,7)8/h9H,1-8H3,(H,16,17). The molecule has 0 atom stereocenters. The van der Waals surface area contributed by atoms with Gasteiger partial charge in [-0.1, -0.05) is 34.6 Å². The van der Waals surface area contributed by atoms with Crippen molar-refractivity contribution in [2.45, 2.75) is 66.8 Å². The second-order valence-corrected chi connectivity index (χ2v) is 8.37. The van der Waals surface area contributed by atoms with Crippen LogP contribution in [0.2, 0.25) is 0 Å². The second-order valence-electron chi connectivity index (χ2n) is 7.34. The van der Waals surface area contributed by atoms with E-state index in [-0.39, 0.29) is 11.3 Å². The Morgan fingerprint density at radius 2 is 1.68 bits per heavy atom. The van der Waals surface area contributed by atoms with Gasteiger partial charge < -0.3 is 5.32 Å². The van der Waals surface area contributed by atoms with Crippen LogP contribution in [0, 0.1) is 5.41 Å². The molecular weight excluding hydrogens is 256 g/mol. The molecule has 1 aromatic heterocycles. The number of carbonyl (C=O) groups is 1. The molecule has 0 fully saturated rings. The Morgan fingerprint density at radius 3 is 2.05 bits per heavy atom. The van der Waals surface area contributed by atoms with E-state index >= 15 is 0 Å². The molecule has 1 aromatic rings. The zero-order valence-corrected chi connectivity index (χ0v) is 14.2. The van der Waals surface area contributed by atoms with Gasteiger partial charge in [-0.25, -0.2) is 4.98 Å². The molecule has 1 rings (SSSR count). The maximum atomic E-state index is 12.5. The molecule has 0 aliphatic carbocycles. The summed E-state index contributed by atoms with van der Waals surface area (Å²) in [6, 6.07) is 0. The van der Waals surface area contributed by atoms with Gasteiger partial charge in [0, 0.05) is 15.8 Å². The third kappa shape index (κ3) is 4.30. The van der Waals surface area contributed by atoms with Gasteiger partial charge in [-0.05, 0) is 26.7 Å². The fourth-order valence-electron chi connectivity index (χ4n) is 1.62. The van der Waals surface area contributed by atoms with Crippen LogP contribution in [-0.4, -0.2) is 16.3 Å². The van der Waals surface area contributed by atoms with Gasteiger partial charge in [0.15, 0.2) is 10.9 Å². The van der Waals surface area contributed by atoms with Crippen molar-refractivity contribution in [3.05, 3.63) is 10.6 Å². The van der Waals surface area contributed by atoms with Gasteiger partial charge in [0.25, 0.3) is 0 Å². The monoisotopic (exact) mass is 282 g/mol. The lowest BCUT2D eigenvalue weighted by molar-refractivity contribution is 0.0852. The highest BCUT2D eigenvalue weighted by Crippen LogP contribution is 2.34. The number of ketones is 1. The number of thiazole rings is 1. The number of carbonyl (C=O) groups excluding carboxylic acids is 1. The molecule has 0 aliphatic heterocycles. The van der Waals surface area contributed by atoms with Crippen LogP contribution in [0.15, 0.2) is 0 Å². The van der Waals surface area contributed by atoms with Gasteiger partial charge in [0.2, 0.25) is 0 Å². The van der Waals surface area contributed by atoms with E-state index in [0.29, 0.717) is 11.6 Å². The smallest absolute Gasteiger partial charge is 0.187 e. The summed E-state index contributed by atoms with van der Waals surface area (Å²) >= 11 is 1.60. The van der Waals surface area contributed by atoms with Crippen molar-refractivity contribution >= 4 is 22.3 Å². The molecule has 0 aromatic carbocycles.